The fourth-order valence-corrected chi connectivity index (χ4v) is 9.92. The first-order valence-electron chi connectivity index (χ1n) is 18.3. The maximum Gasteiger partial charge on any atom is 2.00 e. The van der Waals surface area contributed by atoms with Crippen LogP contribution in [0.15, 0.2) is 114 Å². The summed E-state index contributed by atoms with van der Waals surface area (Å²) in [5.41, 5.74) is 4.20. The molecule has 0 aliphatic heterocycles. The van der Waals surface area contributed by atoms with Crippen molar-refractivity contribution in [2.75, 3.05) is 0 Å². The van der Waals surface area contributed by atoms with E-state index in [9.17, 15) is 45.1 Å². The zero-order valence-corrected chi connectivity index (χ0v) is 36.5. The van der Waals surface area contributed by atoms with Crippen LogP contribution in [0.5, 0.6) is 0 Å². The summed E-state index contributed by atoms with van der Waals surface area (Å²) in [5, 5.41) is 1.92. The molecule has 0 saturated heterocycles. The van der Waals surface area contributed by atoms with Gasteiger partial charge in [-0.15, -0.1) is 0 Å². The van der Waals surface area contributed by atoms with Crippen molar-refractivity contribution < 1.29 is 25.9 Å². The summed E-state index contributed by atoms with van der Waals surface area (Å²) < 4.78 is 71.0. The Bertz CT molecular complexity index is 3830. The summed E-state index contributed by atoms with van der Waals surface area (Å²) in [6.45, 7) is 6.74. The Labute approximate surface area is 373 Å². The molecule has 0 aliphatic carbocycles. The number of H-pyrrole nitrogens is 4. The van der Waals surface area contributed by atoms with Gasteiger partial charge in [0.05, 0.1) is 53.7 Å². The van der Waals surface area contributed by atoms with E-state index in [1.807, 2.05) is 26.0 Å². The number of aromatic nitrogens is 4. The molecule has 17 heteroatoms. The first kappa shape index (κ1) is 42.0. The van der Waals surface area contributed by atoms with Crippen LogP contribution in [0.4, 0.5) is 0 Å². The maximum absolute atomic E-state index is 13.2. The molecular formula is C44H30CaN4O10S2. The van der Waals surface area contributed by atoms with Crippen molar-refractivity contribution in [3.63, 3.8) is 0 Å². The van der Waals surface area contributed by atoms with Crippen molar-refractivity contribution in [2.24, 2.45) is 0 Å². The number of benzene rings is 6. The van der Waals surface area contributed by atoms with Crippen LogP contribution >= 0.6 is 0 Å². The van der Waals surface area contributed by atoms with E-state index in [1.54, 1.807) is 48.5 Å². The Balaban J connectivity index is 0.000000166. The van der Waals surface area contributed by atoms with Gasteiger partial charge in [-0.1, -0.05) is 35.4 Å². The summed E-state index contributed by atoms with van der Waals surface area (Å²) in [5.74, 6) is 0. The van der Waals surface area contributed by atoms with Crippen molar-refractivity contribution in [3.05, 3.63) is 148 Å². The third-order valence-corrected chi connectivity index (χ3v) is 12.9. The van der Waals surface area contributed by atoms with Gasteiger partial charge >= 0.3 is 37.7 Å². The molecule has 0 unspecified atom stereocenters. The van der Waals surface area contributed by atoms with E-state index >= 15 is 0 Å². The van der Waals surface area contributed by atoms with Crippen molar-refractivity contribution in [2.45, 2.75) is 37.5 Å². The minimum absolute atomic E-state index is 0. The Kier molecular flexibility index (Phi) is 10.1. The molecule has 6 aromatic carbocycles. The number of pyridine rings is 4. The molecule has 0 bridgehead atoms. The standard InChI is InChI=1S/2C22H16N2O5S.Ca/c2*1-10-3-5-15-12(7-10)20(25)13-8-18-14(9-17(13)23-15)21(26)19-16(24-18)6-4-11(2)22(19)30(27,28)29;/h2*3-9H,1-2H3,(H,23,25)(H,24,26)(H,27,28,29);/q;;+2/p-2. The average Bonchev–Trinajstić information content (AvgIpc) is 3.18. The van der Waals surface area contributed by atoms with Crippen molar-refractivity contribution >= 4 is 145 Å². The van der Waals surface area contributed by atoms with Crippen LogP contribution in [0.3, 0.4) is 0 Å². The smallest absolute Gasteiger partial charge is 0.744 e. The number of hydrogen-bond acceptors (Lipinski definition) is 10. The summed E-state index contributed by atoms with van der Waals surface area (Å²) in [7, 11) is -9.72. The number of rotatable bonds is 2. The van der Waals surface area contributed by atoms with Crippen LogP contribution in [-0.2, 0) is 20.2 Å². The quantitative estimate of drug-likeness (QED) is 0.0894. The van der Waals surface area contributed by atoms with Crippen molar-refractivity contribution in [3.8, 4) is 0 Å². The molecule has 14 nitrogen and oxygen atoms in total. The Morgan fingerprint density at radius 1 is 0.377 bits per heavy atom. The van der Waals surface area contributed by atoms with Gasteiger partial charge in [-0.25, -0.2) is 16.8 Å². The van der Waals surface area contributed by atoms with Gasteiger partial charge in [0.15, 0.2) is 21.7 Å². The second-order valence-electron chi connectivity index (χ2n) is 15.0. The molecular weight excluding hydrogens is 849 g/mol. The molecule has 0 radical (unpaired) electrons. The van der Waals surface area contributed by atoms with Gasteiger partial charge in [-0.2, -0.15) is 0 Å². The van der Waals surface area contributed by atoms with E-state index in [2.05, 4.69) is 19.9 Å². The molecule has 0 amide bonds. The predicted molar refractivity (Wildman–Crippen MR) is 236 cm³/mol. The number of fused-ring (bicyclic) bond motifs is 8. The largest absolute Gasteiger partial charge is 2.00 e. The van der Waals surface area contributed by atoms with E-state index in [-0.39, 0.29) is 92.3 Å². The average molecular weight is 879 g/mol. The van der Waals surface area contributed by atoms with Gasteiger partial charge in [0.2, 0.25) is 0 Å². The third kappa shape index (κ3) is 6.93. The molecule has 4 aromatic heterocycles. The van der Waals surface area contributed by atoms with E-state index in [0.29, 0.717) is 54.6 Å². The van der Waals surface area contributed by atoms with E-state index < -0.39 is 40.9 Å². The van der Waals surface area contributed by atoms with Crippen LogP contribution < -0.4 is 21.7 Å². The minimum atomic E-state index is -4.86. The molecule has 4 N–H and O–H groups in total. The molecule has 61 heavy (non-hydrogen) atoms. The SMILES string of the molecule is Cc1ccc2[nH]c3cc4c(=O)c5c(S(=O)(=O)[O-])c(C)ccc5[nH]c4cc3c(=O)c2c1.Cc1ccc2[nH]c3cc4c(=O)c5c(S(=O)(=O)[O-])c(C)ccc5[nH]c4cc3c(=O)c2c1.[Ca+2]. The summed E-state index contributed by atoms with van der Waals surface area (Å²) in [6.07, 6.45) is 0. The van der Waals surface area contributed by atoms with Gasteiger partial charge in [0.25, 0.3) is 0 Å². The zero-order valence-electron chi connectivity index (χ0n) is 32.7. The van der Waals surface area contributed by atoms with Crippen molar-refractivity contribution in [1.29, 1.82) is 0 Å². The Hall–Kier alpha value is -5.72. The van der Waals surface area contributed by atoms with Crippen LogP contribution in [-0.4, -0.2) is 83.6 Å². The van der Waals surface area contributed by atoms with Gasteiger partial charge in [0, 0.05) is 43.4 Å². The monoisotopic (exact) mass is 878 g/mol. The minimum Gasteiger partial charge on any atom is -0.744 e. The van der Waals surface area contributed by atoms with Gasteiger partial charge in [-0.05, 0) is 99.5 Å². The van der Waals surface area contributed by atoms with Crippen LogP contribution in [0, 0.1) is 27.7 Å². The number of aryl methyl sites for hydroxylation is 4. The molecule has 0 fully saturated rings. The van der Waals surface area contributed by atoms with E-state index in [4.69, 9.17) is 0 Å². The Morgan fingerprint density at radius 2 is 0.656 bits per heavy atom. The summed E-state index contributed by atoms with van der Waals surface area (Å²) in [4.78, 5) is 63.8. The van der Waals surface area contributed by atoms with Crippen molar-refractivity contribution in [1.82, 2.24) is 19.9 Å². The molecule has 4 heterocycles. The molecule has 0 spiro atoms. The normalized spacial score (nSPS) is 12.2. The first-order valence-corrected chi connectivity index (χ1v) is 21.1. The third-order valence-electron chi connectivity index (χ3n) is 10.9. The summed E-state index contributed by atoms with van der Waals surface area (Å²) >= 11 is 0. The molecule has 10 rings (SSSR count). The molecule has 0 atom stereocenters. The molecule has 0 aliphatic rings. The molecule has 0 saturated carbocycles. The molecule has 300 valence electrons. The van der Waals surface area contributed by atoms with Gasteiger partial charge < -0.3 is 29.0 Å². The van der Waals surface area contributed by atoms with Crippen LogP contribution in [0.2, 0.25) is 0 Å². The second-order valence-corrected chi connectivity index (χ2v) is 17.6. The maximum atomic E-state index is 13.2. The van der Waals surface area contributed by atoms with Gasteiger partial charge in [-0.3, -0.25) is 19.2 Å². The van der Waals surface area contributed by atoms with Crippen LogP contribution in [0.25, 0.3) is 87.2 Å². The first-order chi connectivity index (χ1) is 28.3. The summed E-state index contributed by atoms with van der Waals surface area (Å²) in [6, 6.07) is 23.2. The van der Waals surface area contributed by atoms with Crippen LogP contribution in [0.1, 0.15) is 22.3 Å². The van der Waals surface area contributed by atoms with E-state index in [0.717, 1.165) is 11.1 Å². The number of aromatic amines is 4. The fraction of sp³-hybridized carbons (Fsp3) is 0.0909. The number of hydrogen-bond donors (Lipinski definition) is 4. The fourth-order valence-electron chi connectivity index (χ4n) is 8.09. The van der Waals surface area contributed by atoms with Gasteiger partial charge in [0.1, 0.15) is 20.2 Å². The predicted octanol–water partition coefficient (Wildman–Crippen LogP) is 6.01. The van der Waals surface area contributed by atoms with E-state index in [1.165, 1.54) is 38.1 Å². The molecule has 10 aromatic rings. The Morgan fingerprint density at radius 3 is 0.984 bits per heavy atom. The second kappa shape index (κ2) is 14.7. The zero-order chi connectivity index (χ0) is 42.7. The topological polar surface area (TPSA) is 246 Å². The number of nitrogens with one attached hydrogen (secondary N) is 4.